The summed E-state index contributed by atoms with van der Waals surface area (Å²) < 4.78 is 0. The molecule has 1 unspecified atom stereocenters. The van der Waals surface area contributed by atoms with Crippen LogP contribution in [-0.2, 0) is 0 Å². The van der Waals surface area contributed by atoms with E-state index in [-0.39, 0.29) is 5.92 Å². The lowest BCUT2D eigenvalue weighted by Gasteiger charge is -2.17. The molecule has 1 atom stereocenters. The van der Waals surface area contributed by atoms with Crippen molar-refractivity contribution in [2.24, 2.45) is 11.8 Å². The number of nitriles is 1. The molecule has 2 nitrogen and oxygen atoms in total. The Hall–Kier alpha value is -0.550. The molecule has 70 valence electrons. The van der Waals surface area contributed by atoms with Gasteiger partial charge in [-0.25, -0.2) is 0 Å². The van der Waals surface area contributed by atoms with Gasteiger partial charge in [0.15, 0.2) is 0 Å². The highest BCUT2D eigenvalue weighted by atomic mass is 15.1. The van der Waals surface area contributed by atoms with E-state index in [0.29, 0.717) is 5.92 Å². The summed E-state index contributed by atoms with van der Waals surface area (Å²) in [6.45, 7) is 8.46. The number of hydrogen-bond donors (Lipinski definition) is 0. The molecule has 12 heavy (non-hydrogen) atoms. The normalized spacial score (nSPS) is 13.4. The first kappa shape index (κ1) is 11.4. The monoisotopic (exact) mass is 168 g/mol. The van der Waals surface area contributed by atoms with E-state index in [9.17, 15) is 0 Å². The zero-order chi connectivity index (χ0) is 9.56. The van der Waals surface area contributed by atoms with Gasteiger partial charge in [-0.3, -0.25) is 0 Å². The van der Waals surface area contributed by atoms with Gasteiger partial charge in [0, 0.05) is 5.92 Å². The van der Waals surface area contributed by atoms with Crippen LogP contribution in [0.15, 0.2) is 0 Å². The largest absolute Gasteiger partial charge is 0.307 e. The van der Waals surface area contributed by atoms with Crippen LogP contribution in [-0.4, -0.2) is 25.0 Å². The van der Waals surface area contributed by atoms with Gasteiger partial charge in [-0.2, -0.15) is 5.26 Å². The van der Waals surface area contributed by atoms with Crippen LogP contribution in [0.1, 0.15) is 27.2 Å². The van der Waals surface area contributed by atoms with E-state index in [1.54, 1.807) is 0 Å². The van der Waals surface area contributed by atoms with Gasteiger partial charge in [0.2, 0.25) is 0 Å². The van der Waals surface area contributed by atoms with Gasteiger partial charge in [-0.15, -0.1) is 0 Å². The average molecular weight is 168 g/mol. The molecule has 0 aromatic heterocycles. The van der Waals surface area contributed by atoms with E-state index in [1.807, 2.05) is 0 Å². The fourth-order valence-corrected chi connectivity index (χ4v) is 1.06. The van der Waals surface area contributed by atoms with E-state index in [4.69, 9.17) is 5.26 Å². The minimum atomic E-state index is 0.221. The zero-order valence-corrected chi connectivity index (χ0v) is 8.67. The summed E-state index contributed by atoms with van der Waals surface area (Å²) in [5, 5.41) is 8.81. The van der Waals surface area contributed by atoms with Gasteiger partial charge in [-0.05, 0) is 32.5 Å². The molecule has 0 aliphatic carbocycles. The van der Waals surface area contributed by atoms with Crippen LogP contribution in [0.4, 0.5) is 0 Å². The van der Waals surface area contributed by atoms with Crippen molar-refractivity contribution in [1.82, 2.24) is 4.90 Å². The van der Waals surface area contributed by atoms with Crippen LogP contribution in [0.2, 0.25) is 0 Å². The molecule has 0 amide bonds. The van der Waals surface area contributed by atoms with E-state index >= 15 is 0 Å². The van der Waals surface area contributed by atoms with Gasteiger partial charge in [0.25, 0.3) is 0 Å². The van der Waals surface area contributed by atoms with Crippen molar-refractivity contribution >= 4 is 0 Å². The van der Waals surface area contributed by atoms with Crippen LogP contribution >= 0.6 is 0 Å². The molecule has 2 heteroatoms. The van der Waals surface area contributed by atoms with Crippen molar-refractivity contribution in [1.29, 1.82) is 5.26 Å². The van der Waals surface area contributed by atoms with Crippen molar-refractivity contribution in [3.8, 4) is 6.07 Å². The quantitative estimate of drug-likeness (QED) is 0.628. The third-order valence-corrected chi connectivity index (χ3v) is 2.33. The topological polar surface area (TPSA) is 27.0 Å². The Bertz CT molecular complexity index is 146. The molecule has 0 aliphatic rings. The van der Waals surface area contributed by atoms with Gasteiger partial charge >= 0.3 is 0 Å². The summed E-state index contributed by atoms with van der Waals surface area (Å²) in [5.74, 6) is 0.708. The molecule has 0 N–H and O–H groups in total. The lowest BCUT2D eigenvalue weighted by Crippen LogP contribution is -2.22. The average Bonchev–Trinajstić information content (AvgIpc) is 2.04. The van der Waals surface area contributed by atoms with E-state index in [0.717, 1.165) is 19.5 Å². The van der Waals surface area contributed by atoms with E-state index < -0.39 is 0 Å². The molecular formula is C10H20N2. The zero-order valence-electron chi connectivity index (χ0n) is 8.67. The van der Waals surface area contributed by atoms with Crippen LogP contribution in [0, 0.1) is 23.2 Å². The Kier molecular flexibility index (Phi) is 5.74. The predicted molar refractivity (Wildman–Crippen MR) is 51.7 cm³/mol. The summed E-state index contributed by atoms with van der Waals surface area (Å²) >= 11 is 0. The minimum Gasteiger partial charge on any atom is -0.307 e. The standard InChI is InChI=1S/C10H20N2/c1-5-12(4)7-6-10(8-11)9(2)3/h9-10H,5-7H2,1-4H3. The van der Waals surface area contributed by atoms with Crippen molar-refractivity contribution < 1.29 is 0 Å². The Balaban J connectivity index is 3.67. The van der Waals surface area contributed by atoms with E-state index in [2.05, 4.69) is 38.8 Å². The summed E-state index contributed by atoms with van der Waals surface area (Å²) in [6, 6.07) is 2.35. The highest BCUT2D eigenvalue weighted by Gasteiger charge is 2.12. The second-order valence-corrected chi connectivity index (χ2v) is 3.66. The smallest absolute Gasteiger partial charge is 0.0658 e. The van der Waals surface area contributed by atoms with Gasteiger partial charge in [0.1, 0.15) is 0 Å². The molecule has 0 aliphatic heterocycles. The van der Waals surface area contributed by atoms with E-state index in [1.165, 1.54) is 0 Å². The molecule has 0 radical (unpaired) electrons. The van der Waals surface area contributed by atoms with Crippen molar-refractivity contribution in [2.75, 3.05) is 20.1 Å². The molecule has 0 bridgehead atoms. The molecule has 0 spiro atoms. The lowest BCUT2D eigenvalue weighted by atomic mass is 9.94. The highest BCUT2D eigenvalue weighted by Crippen LogP contribution is 2.13. The van der Waals surface area contributed by atoms with Crippen LogP contribution in [0.3, 0.4) is 0 Å². The lowest BCUT2D eigenvalue weighted by molar-refractivity contribution is 0.308. The molecular weight excluding hydrogens is 148 g/mol. The third-order valence-electron chi connectivity index (χ3n) is 2.33. The number of nitrogens with zero attached hydrogens (tertiary/aromatic N) is 2. The first-order chi connectivity index (χ1) is 5.61. The fraction of sp³-hybridized carbons (Fsp3) is 0.900. The van der Waals surface area contributed by atoms with Crippen LogP contribution in [0.25, 0.3) is 0 Å². The number of hydrogen-bond acceptors (Lipinski definition) is 2. The molecule has 0 saturated carbocycles. The maximum absolute atomic E-state index is 8.81. The first-order valence-corrected chi connectivity index (χ1v) is 4.70. The van der Waals surface area contributed by atoms with Crippen LogP contribution in [0.5, 0.6) is 0 Å². The first-order valence-electron chi connectivity index (χ1n) is 4.70. The maximum atomic E-state index is 8.81. The molecule has 0 aromatic carbocycles. The minimum absolute atomic E-state index is 0.221. The summed E-state index contributed by atoms with van der Waals surface area (Å²) in [5.41, 5.74) is 0. The van der Waals surface area contributed by atoms with Crippen molar-refractivity contribution in [3.63, 3.8) is 0 Å². The van der Waals surface area contributed by atoms with Crippen molar-refractivity contribution in [2.45, 2.75) is 27.2 Å². The summed E-state index contributed by atoms with van der Waals surface area (Å²) in [7, 11) is 2.09. The Morgan fingerprint density at radius 1 is 1.42 bits per heavy atom. The summed E-state index contributed by atoms with van der Waals surface area (Å²) in [4.78, 5) is 2.24. The SMILES string of the molecule is CCN(C)CCC(C#N)C(C)C. The van der Waals surface area contributed by atoms with Gasteiger partial charge in [-0.1, -0.05) is 20.8 Å². The predicted octanol–water partition coefficient (Wildman–Crippen LogP) is 2.12. The Morgan fingerprint density at radius 3 is 2.33 bits per heavy atom. The second kappa shape index (κ2) is 6.02. The van der Waals surface area contributed by atoms with Crippen LogP contribution < -0.4 is 0 Å². The maximum Gasteiger partial charge on any atom is 0.0658 e. The van der Waals surface area contributed by atoms with Gasteiger partial charge < -0.3 is 4.90 Å². The van der Waals surface area contributed by atoms with Gasteiger partial charge in [0.05, 0.1) is 6.07 Å². The molecule has 0 saturated heterocycles. The fourth-order valence-electron chi connectivity index (χ4n) is 1.06. The molecule has 0 heterocycles. The third kappa shape index (κ3) is 4.35. The van der Waals surface area contributed by atoms with Crippen molar-refractivity contribution in [3.05, 3.63) is 0 Å². The second-order valence-electron chi connectivity index (χ2n) is 3.66. The Labute approximate surface area is 76.2 Å². The summed E-state index contributed by atoms with van der Waals surface area (Å²) in [6.07, 6.45) is 0.999. The molecule has 0 aromatic rings. The molecule has 0 rings (SSSR count). The molecule has 0 fully saturated rings. The number of rotatable bonds is 5. The Morgan fingerprint density at radius 2 is 2.00 bits per heavy atom. The highest BCUT2D eigenvalue weighted by molar-refractivity contribution is 4.85.